The van der Waals surface area contributed by atoms with Crippen molar-refractivity contribution in [2.45, 2.75) is 0 Å². The summed E-state index contributed by atoms with van der Waals surface area (Å²) in [7, 11) is 0. The minimum Gasteiger partial charge on any atom is -0.354 e. The molecule has 0 aliphatic heterocycles. The zero-order valence-electron chi connectivity index (χ0n) is 10.5. The normalized spacial score (nSPS) is 10.2. The molecule has 0 fully saturated rings. The highest BCUT2D eigenvalue weighted by Crippen LogP contribution is 2.31. The number of anilines is 2. The van der Waals surface area contributed by atoms with Crippen molar-refractivity contribution in [3.8, 4) is 6.07 Å². The number of halogens is 1. The van der Waals surface area contributed by atoms with Gasteiger partial charge in [-0.2, -0.15) is 5.26 Å². The molecule has 0 amide bonds. The summed E-state index contributed by atoms with van der Waals surface area (Å²) in [5.41, 5.74) is 2.82. The quantitative estimate of drug-likeness (QED) is 0.751. The van der Waals surface area contributed by atoms with Gasteiger partial charge in [0, 0.05) is 17.3 Å². The van der Waals surface area contributed by atoms with Crippen molar-refractivity contribution in [3.63, 3.8) is 0 Å². The fourth-order valence-corrected chi connectivity index (χ4v) is 2.30. The second kappa shape index (κ2) is 5.20. The topological polar surface area (TPSA) is 48.7 Å². The molecule has 1 aromatic heterocycles. The highest BCUT2D eigenvalue weighted by atomic mass is 35.5. The minimum absolute atomic E-state index is 0.489. The molecule has 0 unspecified atom stereocenters. The van der Waals surface area contributed by atoms with Crippen LogP contribution in [-0.4, -0.2) is 4.98 Å². The fraction of sp³-hybridized carbons (Fsp3) is 0. The maximum absolute atomic E-state index is 9.26. The third kappa shape index (κ3) is 2.18. The summed E-state index contributed by atoms with van der Waals surface area (Å²) in [6.45, 7) is 0. The van der Waals surface area contributed by atoms with Crippen molar-refractivity contribution in [2.75, 3.05) is 5.32 Å². The predicted octanol–water partition coefficient (Wildman–Crippen LogP) is 4.50. The monoisotopic (exact) mass is 279 g/mol. The number of hydrogen-bond donors (Lipinski definition) is 1. The maximum Gasteiger partial charge on any atom is 0.103 e. The predicted molar refractivity (Wildman–Crippen MR) is 81.2 cm³/mol. The van der Waals surface area contributed by atoms with Crippen molar-refractivity contribution in [2.24, 2.45) is 0 Å². The first-order valence-electron chi connectivity index (χ1n) is 6.09. The number of nitriles is 1. The van der Waals surface area contributed by atoms with Gasteiger partial charge in [0.05, 0.1) is 21.8 Å². The minimum atomic E-state index is 0.489. The Morgan fingerprint density at radius 1 is 1.05 bits per heavy atom. The standard InChI is InChI=1S/C16H10ClN3/c17-14-8-4-7-13-15(11(9-18)10-19-16(13)14)20-12-5-2-1-3-6-12/h1-8,10H,(H,19,20). The molecule has 0 aliphatic carbocycles. The number of nitrogens with one attached hydrogen (secondary N) is 1. The van der Waals surface area contributed by atoms with Crippen LogP contribution in [0.4, 0.5) is 11.4 Å². The summed E-state index contributed by atoms with van der Waals surface area (Å²) in [6.07, 6.45) is 1.54. The van der Waals surface area contributed by atoms with Gasteiger partial charge in [-0.05, 0) is 18.2 Å². The first-order valence-corrected chi connectivity index (χ1v) is 6.47. The van der Waals surface area contributed by atoms with Crippen molar-refractivity contribution < 1.29 is 0 Å². The van der Waals surface area contributed by atoms with Gasteiger partial charge in [0.15, 0.2) is 0 Å². The van der Waals surface area contributed by atoms with Gasteiger partial charge in [-0.1, -0.05) is 41.9 Å². The Balaban J connectivity index is 2.22. The van der Waals surface area contributed by atoms with Gasteiger partial charge in [-0.25, -0.2) is 0 Å². The van der Waals surface area contributed by atoms with E-state index in [1.54, 1.807) is 12.3 Å². The summed E-state index contributed by atoms with van der Waals surface area (Å²) < 4.78 is 0. The number of nitrogens with zero attached hydrogens (tertiary/aromatic N) is 2. The molecular weight excluding hydrogens is 270 g/mol. The van der Waals surface area contributed by atoms with E-state index in [-0.39, 0.29) is 0 Å². The molecule has 96 valence electrons. The van der Waals surface area contributed by atoms with Crippen LogP contribution in [0.2, 0.25) is 5.02 Å². The second-order valence-corrected chi connectivity index (χ2v) is 4.69. The third-order valence-corrected chi connectivity index (χ3v) is 3.32. The number of rotatable bonds is 2. The van der Waals surface area contributed by atoms with Gasteiger partial charge < -0.3 is 5.32 Å². The lowest BCUT2D eigenvalue weighted by atomic mass is 10.1. The first-order chi connectivity index (χ1) is 9.79. The van der Waals surface area contributed by atoms with Crippen molar-refractivity contribution in [1.82, 2.24) is 4.98 Å². The van der Waals surface area contributed by atoms with Gasteiger partial charge in [0.1, 0.15) is 6.07 Å². The number of pyridine rings is 1. The smallest absolute Gasteiger partial charge is 0.103 e. The van der Waals surface area contributed by atoms with E-state index >= 15 is 0 Å². The Kier molecular flexibility index (Phi) is 3.24. The molecule has 0 atom stereocenters. The fourth-order valence-electron chi connectivity index (χ4n) is 2.07. The molecule has 0 bridgehead atoms. The Hall–Kier alpha value is -2.57. The van der Waals surface area contributed by atoms with Gasteiger partial charge in [-0.15, -0.1) is 0 Å². The molecule has 20 heavy (non-hydrogen) atoms. The summed E-state index contributed by atoms with van der Waals surface area (Å²) in [6, 6.07) is 17.4. The zero-order valence-corrected chi connectivity index (χ0v) is 11.2. The Bertz CT molecular complexity index is 807. The van der Waals surface area contributed by atoms with E-state index in [0.717, 1.165) is 16.8 Å². The molecule has 1 N–H and O–H groups in total. The summed E-state index contributed by atoms with van der Waals surface area (Å²) in [5.74, 6) is 0. The van der Waals surface area contributed by atoms with Crippen LogP contribution in [0, 0.1) is 11.3 Å². The number of benzene rings is 2. The highest BCUT2D eigenvalue weighted by Gasteiger charge is 2.10. The molecule has 0 radical (unpaired) electrons. The van der Waals surface area contributed by atoms with Gasteiger partial charge in [0.2, 0.25) is 0 Å². The highest BCUT2D eigenvalue weighted by molar-refractivity contribution is 6.35. The summed E-state index contributed by atoms with van der Waals surface area (Å²) in [4.78, 5) is 4.26. The van der Waals surface area contributed by atoms with E-state index in [4.69, 9.17) is 11.6 Å². The molecule has 3 rings (SSSR count). The van der Waals surface area contributed by atoms with Crippen LogP contribution in [0.3, 0.4) is 0 Å². The molecule has 4 heteroatoms. The lowest BCUT2D eigenvalue weighted by Crippen LogP contribution is -1.96. The van der Waals surface area contributed by atoms with E-state index < -0.39 is 0 Å². The average Bonchev–Trinajstić information content (AvgIpc) is 2.49. The van der Waals surface area contributed by atoms with Crippen LogP contribution in [-0.2, 0) is 0 Å². The van der Waals surface area contributed by atoms with Crippen molar-refractivity contribution in [1.29, 1.82) is 5.26 Å². The molecule has 1 heterocycles. The third-order valence-electron chi connectivity index (χ3n) is 3.01. The molecule has 3 nitrogen and oxygen atoms in total. The van der Waals surface area contributed by atoms with Gasteiger partial charge in [-0.3, -0.25) is 4.98 Å². The number of hydrogen-bond acceptors (Lipinski definition) is 3. The van der Waals surface area contributed by atoms with E-state index in [1.165, 1.54) is 0 Å². The lowest BCUT2D eigenvalue weighted by Gasteiger charge is -2.11. The van der Waals surface area contributed by atoms with Crippen LogP contribution < -0.4 is 5.32 Å². The largest absolute Gasteiger partial charge is 0.354 e. The van der Waals surface area contributed by atoms with Crippen LogP contribution in [0.15, 0.2) is 54.7 Å². The average molecular weight is 280 g/mol. The van der Waals surface area contributed by atoms with E-state index in [2.05, 4.69) is 16.4 Å². The summed E-state index contributed by atoms with van der Waals surface area (Å²) >= 11 is 6.15. The van der Waals surface area contributed by atoms with E-state index in [9.17, 15) is 5.26 Å². The number of aromatic nitrogens is 1. The Morgan fingerprint density at radius 2 is 1.85 bits per heavy atom. The zero-order chi connectivity index (χ0) is 13.9. The second-order valence-electron chi connectivity index (χ2n) is 4.29. The summed E-state index contributed by atoms with van der Waals surface area (Å²) in [5, 5.41) is 13.9. The first kappa shape index (κ1) is 12.5. The molecule has 0 saturated carbocycles. The maximum atomic E-state index is 9.26. The number of para-hydroxylation sites is 2. The Labute approximate surface area is 121 Å². The van der Waals surface area contributed by atoms with Crippen LogP contribution in [0.1, 0.15) is 5.56 Å². The Morgan fingerprint density at radius 3 is 2.60 bits per heavy atom. The van der Waals surface area contributed by atoms with Crippen molar-refractivity contribution >= 4 is 33.9 Å². The van der Waals surface area contributed by atoms with Crippen LogP contribution >= 0.6 is 11.6 Å². The van der Waals surface area contributed by atoms with Crippen LogP contribution in [0.5, 0.6) is 0 Å². The van der Waals surface area contributed by atoms with E-state index in [1.807, 2.05) is 42.5 Å². The molecule has 0 aliphatic rings. The molecule has 0 spiro atoms. The molecule has 0 saturated heterocycles. The van der Waals surface area contributed by atoms with Crippen LogP contribution in [0.25, 0.3) is 10.9 Å². The molecule has 3 aromatic rings. The van der Waals surface area contributed by atoms with Crippen molar-refractivity contribution in [3.05, 3.63) is 65.3 Å². The van der Waals surface area contributed by atoms with Gasteiger partial charge in [0.25, 0.3) is 0 Å². The lowest BCUT2D eigenvalue weighted by molar-refractivity contribution is 1.36. The molecule has 2 aromatic carbocycles. The van der Waals surface area contributed by atoms with Gasteiger partial charge >= 0.3 is 0 Å². The number of fused-ring (bicyclic) bond motifs is 1. The molecular formula is C16H10ClN3. The van der Waals surface area contributed by atoms with E-state index in [0.29, 0.717) is 16.1 Å². The SMILES string of the molecule is N#Cc1cnc2c(Cl)cccc2c1Nc1ccccc1.